The molecule has 7 nitrogen and oxygen atoms in total. The molecule has 0 unspecified atom stereocenters. The number of hydrogen-bond acceptors (Lipinski definition) is 5. The Balaban J connectivity index is 1.78. The highest BCUT2D eigenvalue weighted by Gasteiger charge is 2.36. The van der Waals surface area contributed by atoms with E-state index < -0.39 is 12.1 Å². The molecule has 152 valence electrons. The molecule has 0 bridgehead atoms. The molecule has 1 aromatic heterocycles. The summed E-state index contributed by atoms with van der Waals surface area (Å²) >= 11 is 0. The van der Waals surface area contributed by atoms with Crippen LogP contribution in [0.3, 0.4) is 0 Å². The van der Waals surface area contributed by atoms with Crippen LogP contribution >= 0.6 is 0 Å². The maximum Gasteiger partial charge on any atom is 0.245 e. The van der Waals surface area contributed by atoms with Crippen molar-refractivity contribution in [2.45, 2.75) is 58.2 Å². The highest BCUT2D eigenvalue weighted by atomic mass is 16.3. The van der Waals surface area contributed by atoms with Crippen molar-refractivity contribution >= 4 is 22.8 Å². The third-order valence-electron chi connectivity index (χ3n) is 5.40. The van der Waals surface area contributed by atoms with Gasteiger partial charge in [-0.2, -0.15) is 0 Å². The molecule has 1 aromatic carbocycles. The smallest absolute Gasteiger partial charge is 0.245 e. The van der Waals surface area contributed by atoms with Gasteiger partial charge in [-0.25, -0.2) is 0 Å². The van der Waals surface area contributed by atoms with E-state index in [-0.39, 0.29) is 29.5 Å². The molecule has 1 aliphatic rings. The van der Waals surface area contributed by atoms with E-state index in [1.54, 1.807) is 31.4 Å². The number of nitrogens with zero attached hydrogens (tertiary/aromatic N) is 1. The Morgan fingerprint density at radius 2 is 2.11 bits per heavy atom. The van der Waals surface area contributed by atoms with Gasteiger partial charge < -0.3 is 25.5 Å². The van der Waals surface area contributed by atoms with Crippen molar-refractivity contribution in [3.63, 3.8) is 0 Å². The normalized spacial score (nSPS) is 19.2. The number of benzene rings is 1. The number of nitrogens with one attached hydrogen (secondary N) is 1. The van der Waals surface area contributed by atoms with Crippen LogP contribution in [-0.2, 0) is 16.0 Å². The first-order chi connectivity index (χ1) is 13.3. The third-order valence-corrected chi connectivity index (χ3v) is 5.40. The van der Waals surface area contributed by atoms with Gasteiger partial charge in [-0.05, 0) is 50.3 Å². The van der Waals surface area contributed by atoms with Crippen LogP contribution in [-0.4, -0.2) is 46.5 Å². The third kappa shape index (κ3) is 4.14. The van der Waals surface area contributed by atoms with E-state index in [0.29, 0.717) is 18.5 Å². The number of furan rings is 1. The number of nitrogens with two attached hydrogens (primary N) is 1. The fourth-order valence-corrected chi connectivity index (χ4v) is 3.80. The van der Waals surface area contributed by atoms with Crippen molar-refractivity contribution < 1.29 is 19.1 Å². The van der Waals surface area contributed by atoms with Crippen molar-refractivity contribution in [3.05, 3.63) is 30.0 Å². The van der Waals surface area contributed by atoms with Gasteiger partial charge in [-0.3, -0.25) is 9.59 Å². The van der Waals surface area contributed by atoms with Gasteiger partial charge in [-0.15, -0.1) is 0 Å². The highest BCUT2D eigenvalue weighted by molar-refractivity contribution is 5.90. The topological polar surface area (TPSA) is 109 Å². The molecular weight excluding hydrogens is 358 g/mol. The van der Waals surface area contributed by atoms with Crippen LogP contribution in [0.15, 0.2) is 28.9 Å². The summed E-state index contributed by atoms with van der Waals surface area (Å²) in [6, 6.07) is 3.80. The number of phenols is 1. The summed E-state index contributed by atoms with van der Waals surface area (Å²) in [5.74, 6) is -0.239. The van der Waals surface area contributed by atoms with Crippen molar-refractivity contribution in [3.8, 4) is 5.75 Å². The molecule has 2 aromatic rings. The minimum absolute atomic E-state index is 0.0316. The second-order valence-corrected chi connectivity index (χ2v) is 7.99. The number of aromatic hydroxyl groups is 1. The molecule has 3 rings (SSSR count). The number of rotatable bonds is 6. The standard InChI is InChI=1S/C21H29N3O4/c1-12(2)19(23-20(26)13(3)22)21(27)24-8-4-5-15(24)9-14-11-28-18-7-6-16(25)10-17(14)18/h6-7,10-13,15,19,25H,4-5,8-9,22H2,1-3H3,(H,23,26)/t13-,15-,19-/m0/s1. The van der Waals surface area contributed by atoms with Gasteiger partial charge in [0.1, 0.15) is 17.4 Å². The minimum Gasteiger partial charge on any atom is -0.508 e. The molecule has 7 heteroatoms. The van der Waals surface area contributed by atoms with Crippen LogP contribution in [0.4, 0.5) is 0 Å². The van der Waals surface area contributed by atoms with Crippen LogP contribution in [0.1, 0.15) is 39.2 Å². The van der Waals surface area contributed by atoms with Crippen LogP contribution in [0.5, 0.6) is 5.75 Å². The van der Waals surface area contributed by atoms with E-state index >= 15 is 0 Å². The average Bonchev–Trinajstić information content (AvgIpc) is 3.26. The largest absolute Gasteiger partial charge is 0.508 e. The molecule has 2 amide bonds. The number of fused-ring (bicyclic) bond motifs is 1. The lowest BCUT2D eigenvalue weighted by atomic mass is 9.99. The molecule has 3 atom stereocenters. The first-order valence-electron chi connectivity index (χ1n) is 9.83. The van der Waals surface area contributed by atoms with E-state index in [0.717, 1.165) is 23.8 Å². The fraction of sp³-hybridized carbons (Fsp3) is 0.524. The van der Waals surface area contributed by atoms with E-state index in [4.69, 9.17) is 10.2 Å². The summed E-state index contributed by atoms with van der Waals surface area (Å²) in [7, 11) is 0. The number of hydrogen-bond donors (Lipinski definition) is 3. The van der Waals surface area contributed by atoms with E-state index in [1.807, 2.05) is 18.7 Å². The van der Waals surface area contributed by atoms with Gasteiger partial charge in [0.25, 0.3) is 0 Å². The van der Waals surface area contributed by atoms with Gasteiger partial charge in [0.15, 0.2) is 0 Å². The Labute approximate surface area is 164 Å². The number of amides is 2. The number of likely N-dealkylation sites (tertiary alicyclic amines) is 1. The molecule has 28 heavy (non-hydrogen) atoms. The predicted octanol–water partition coefficient (Wildman–Crippen LogP) is 2.16. The zero-order chi connectivity index (χ0) is 20.4. The summed E-state index contributed by atoms with van der Waals surface area (Å²) in [5.41, 5.74) is 7.34. The molecule has 1 fully saturated rings. The maximum atomic E-state index is 13.2. The Kier molecular flexibility index (Phi) is 5.93. The monoisotopic (exact) mass is 387 g/mol. The highest BCUT2D eigenvalue weighted by Crippen LogP contribution is 2.30. The van der Waals surface area contributed by atoms with Gasteiger partial charge in [0.2, 0.25) is 11.8 Å². The lowest BCUT2D eigenvalue weighted by molar-refractivity contribution is -0.138. The Hall–Kier alpha value is -2.54. The first-order valence-corrected chi connectivity index (χ1v) is 9.83. The van der Waals surface area contributed by atoms with Crippen LogP contribution < -0.4 is 11.1 Å². The molecule has 0 aliphatic carbocycles. The van der Waals surface area contributed by atoms with Crippen molar-refractivity contribution in [2.24, 2.45) is 11.7 Å². The summed E-state index contributed by atoms with van der Waals surface area (Å²) in [5, 5.41) is 13.4. The zero-order valence-electron chi connectivity index (χ0n) is 16.6. The zero-order valence-corrected chi connectivity index (χ0v) is 16.6. The number of carbonyl (C=O) groups excluding carboxylic acids is 2. The lowest BCUT2D eigenvalue weighted by Crippen LogP contribution is -2.55. The van der Waals surface area contributed by atoms with Gasteiger partial charge in [0.05, 0.1) is 12.3 Å². The summed E-state index contributed by atoms with van der Waals surface area (Å²) < 4.78 is 5.59. The summed E-state index contributed by atoms with van der Waals surface area (Å²) in [6.07, 6.45) is 4.16. The van der Waals surface area contributed by atoms with Crippen molar-refractivity contribution in [1.82, 2.24) is 10.2 Å². The van der Waals surface area contributed by atoms with Crippen LogP contribution in [0.25, 0.3) is 11.0 Å². The quantitative estimate of drug-likeness (QED) is 0.704. The molecule has 4 N–H and O–H groups in total. The Bertz CT molecular complexity index is 858. The molecule has 2 heterocycles. The fourth-order valence-electron chi connectivity index (χ4n) is 3.80. The second-order valence-electron chi connectivity index (χ2n) is 7.99. The van der Waals surface area contributed by atoms with Crippen LogP contribution in [0, 0.1) is 5.92 Å². The molecule has 0 spiro atoms. The van der Waals surface area contributed by atoms with Gasteiger partial charge in [-0.1, -0.05) is 13.8 Å². The first kappa shape index (κ1) is 20.2. The summed E-state index contributed by atoms with van der Waals surface area (Å²) in [6.45, 7) is 6.11. The van der Waals surface area contributed by atoms with E-state index in [2.05, 4.69) is 5.32 Å². The molecule has 0 radical (unpaired) electrons. The van der Waals surface area contributed by atoms with Crippen LogP contribution in [0.2, 0.25) is 0 Å². The van der Waals surface area contributed by atoms with E-state index in [9.17, 15) is 14.7 Å². The van der Waals surface area contributed by atoms with Crippen molar-refractivity contribution in [2.75, 3.05) is 6.54 Å². The SMILES string of the molecule is CC(C)[C@H](NC(=O)[C@H](C)N)C(=O)N1CCC[C@H]1Cc1coc2ccc(O)cc12. The minimum atomic E-state index is -0.659. The Morgan fingerprint density at radius 3 is 2.79 bits per heavy atom. The molecule has 1 saturated heterocycles. The molecular formula is C21H29N3O4. The second kappa shape index (κ2) is 8.22. The molecule has 0 saturated carbocycles. The summed E-state index contributed by atoms with van der Waals surface area (Å²) in [4.78, 5) is 27.1. The van der Waals surface area contributed by atoms with Gasteiger partial charge >= 0.3 is 0 Å². The number of phenolic OH excluding ortho intramolecular Hbond substituents is 1. The average molecular weight is 387 g/mol. The lowest BCUT2D eigenvalue weighted by Gasteiger charge is -2.31. The molecule has 1 aliphatic heterocycles. The maximum absolute atomic E-state index is 13.2. The number of carbonyl (C=O) groups is 2. The van der Waals surface area contributed by atoms with E-state index in [1.165, 1.54) is 0 Å². The Morgan fingerprint density at radius 1 is 1.36 bits per heavy atom. The van der Waals surface area contributed by atoms with Gasteiger partial charge in [0, 0.05) is 23.5 Å². The van der Waals surface area contributed by atoms with Crippen molar-refractivity contribution in [1.29, 1.82) is 0 Å². The predicted molar refractivity (Wildman–Crippen MR) is 107 cm³/mol.